The first-order valence-electron chi connectivity index (χ1n) is 13.4. The van der Waals surface area contributed by atoms with Gasteiger partial charge in [-0.1, -0.05) is 60.7 Å². The van der Waals surface area contributed by atoms with Crippen molar-refractivity contribution in [3.8, 4) is 11.1 Å². The molecule has 0 bridgehead atoms. The van der Waals surface area contributed by atoms with Gasteiger partial charge in [0, 0.05) is 12.1 Å². The predicted molar refractivity (Wildman–Crippen MR) is 157 cm³/mol. The molecule has 0 aromatic heterocycles. The largest absolute Gasteiger partial charge is 0.480 e. The van der Waals surface area contributed by atoms with Crippen molar-refractivity contribution in [3.63, 3.8) is 0 Å². The third kappa shape index (κ3) is 7.49. The summed E-state index contributed by atoms with van der Waals surface area (Å²) in [5.41, 5.74) is 6.03. The average Bonchev–Trinajstić information content (AvgIpc) is 2.92. The second kappa shape index (κ2) is 13.6. The number of likely N-dealkylation sites (tertiary alicyclic amines) is 1. The number of carboxylic acid groups (broad SMARTS) is 1. The van der Waals surface area contributed by atoms with Gasteiger partial charge in [0.1, 0.15) is 6.04 Å². The topological polar surface area (TPSA) is 69.6 Å². The van der Waals surface area contributed by atoms with Crippen LogP contribution in [-0.2, 0) is 17.8 Å². The fourth-order valence-corrected chi connectivity index (χ4v) is 5.74. The SMILES string of the molecule is CSCCC(NC(=O)c1ccc(CN2CCC(Cc3ccccc3)CC2)cc1-c1ccccc1C)C(=O)O. The number of carbonyl (C=O) groups excluding carboxylic acids is 1. The Morgan fingerprint density at radius 2 is 1.68 bits per heavy atom. The summed E-state index contributed by atoms with van der Waals surface area (Å²) in [7, 11) is 0. The molecule has 1 saturated heterocycles. The maximum absolute atomic E-state index is 13.3. The van der Waals surface area contributed by atoms with Crippen LogP contribution in [-0.4, -0.2) is 53.0 Å². The average molecular weight is 531 g/mol. The first-order chi connectivity index (χ1) is 18.4. The van der Waals surface area contributed by atoms with Crippen LogP contribution in [0.25, 0.3) is 11.1 Å². The van der Waals surface area contributed by atoms with Crippen molar-refractivity contribution in [1.29, 1.82) is 0 Å². The molecule has 6 heteroatoms. The van der Waals surface area contributed by atoms with E-state index in [1.165, 1.54) is 24.0 Å². The Bertz CT molecular complexity index is 1220. The number of carboxylic acids is 1. The highest BCUT2D eigenvalue weighted by Crippen LogP contribution is 2.30. The first kappa shape index (κ1) is 27.9. The van der Waals surface area contributed by atoms with Gasteiger partial charge in [0.25, 0.3) is 5.91 Å². The molecule has 1 amide bonds. The van der Waals surface area contributed by atoms with E-state index in [4.69, 9.17) is 0 Å². The lowest BCUT2D eigenvalue weighted by Crippen LogP contribution is -2.41. The van der Waals surface area contributed by atoms with Crippen molar-refractivity contribution in [2.45, 2.75) is 45.2 Å². The van der Waals surface area contributed by atoms with Crippen LogP contribution in [0.1, 0.15) is 46.3 Å². The Labute approximate surface area is 230 Å². The molecule has 3 aromatic carbocycles. The lowest BCUT2D eigenvalue weighted by atomic mass is 9.89. The minimum atomic E-state index is -1.00. The van der Waals surface area contributed by atoms with Crippen LogP contribution in [0.3, 0.4) is 0 Å². The lowest BCUT2D eigenvalue weighted by molar-refractivity contribution is -0.139. The monoisotopic (exact) mass is 530 g/mol. The van der Waals surface area contributed by atoms with Crippen molar-refractivity contribution >= 4 is 23.6 Å². The van der Waals surface area contributed by atoms with Gasteiger partial charge in [-0.25, -0.2) is 4.79 Å². The standard InChI is InChI=1S/C32H38N2O3S/c1-23-8-6-7-11-27(23)29-21-26(12-13-28(29)31(35)33-30(32(36)37)16-19-38-2)22-34-17-14-25(15-18-34)20-24-9-4-3-5-10-24/h3-13,21,25,30H,14-20,22H2,1-2H3,(H,33,35)(H,36,37). The van der Waals surface area contributed by atoms with Crippen LogP contribution < -0.4 is 5.32 Å². The number of aliphatic carboxylic acids is 1. The molecule has 0 aliphatic carbocycles. The van der Waals surface area contributed by atoms with Gasteiger partial charge in [0.2, 0.25) is 0 Å². The molecular formula is C32H38N2O3S. The summed E-state index contributed by atoms with van der Waals surface area (Å²) in [6.45, 7) is 5.01. The van der Waals surface area contributed by atoms with Crippen LogP contribution in [0, 0.1) is 12.8 Å². The first-order valence-corrected chi connectivity index (χ1v) is 14.8. The quantitative estimate of drug-likeness (QED) is 0.316. The molecule has 1 aliphatic rings. The van der Waals surface area contributed by atoms with Gasteiger partial charge in [-0.05, 0) is 104 Å². The summed E-state index contributed by atoms with van der Waals surface area (Å²) in [6, 6.07) is 23.9. The van der Waals surface area contributed by atoms with E-state index in [9.17, 15) is 14.7 Å². The number of piperidine rings is 1. The van der Waals surface area contributed by atoms with Crippen LogP contribution >= 0.6 is 11.8 Å². The Morgan fingerprint density at radius 3 is 2.37 bits per heavy atom. The molecule has 1 fully saturated rings. The fourth-order valence-electron chi connectivity index (χ4n) is 5.27. The molecule has 0 radical (unpaired) electrons. The summed E-state index contributed by atoms with van der Waals surface area (Å²) in [5, 5.41) is 12.4. The number of amides is 1. The lowest BCUT2D eigenvalue weighted by Gasteiger charge is -2.32. The number of nitrogens with one attached hydrogen (secondary N) is 1. The highest BCUT2D eigenvalue weighted by molar-refractivity contribution is 7.98. The van der Waals surface area contributed by atoms with Crippen LogP contribution in [0.5, 0.6) is 0 Å². The zero-order chi connectivity index (χ0) is 26.9. The summed E-state index contributed by atoms with van der Waals surface area (Å²) in [6.07, 6.45) is 5.84. The van der Waals surface area contributed by atoms with E-state index in [1.807, 2.05) is 49.6 Å². The molecule has 200 valence electrons. The highest BCUT2D eigenvalue weighted by Gasteiger charge is 2.24. The number of benzene rings is 3. The van der Waals surface area contributed by atoms with E-state index in [1.54, 1.807) is 11.8 Å². The molecule has 0 saturated carbocycles. The minimum Gasteiger partial charge on any atom is -0.480 e. The molecule has 0 spiro atoms. The van der Waals surface area contributed by atoms with Crippen molar-refractivity contribution in [1.82, 2.24) is 10.2 Å². The molecule has 5 nitrogen and oxygen atoms in total. The molecule has 1 heterocycles. The summed E-state index contributed by atoms with van der Waals surface area (Å²) in [5.74, 6) is 0.0424. The minimum absolute atomic E-state index is 0.343. The number of hydrogen-bond donors (Lipinski definition) is 2. The van der Waals surface area contributed by atoms with E-state index in [-0.39, 0.29) is 5.91 Å². The number of hydrogen-bond acceptors (Lipinski definition) is 4. The molecule has 3 aromatic rings. The summed E-state index contributed by atoms with van der Waals surface area (Å²) < 4.78 is 0. The van der Waals surface area contributed by atoms with Gasteiger partial charge in [-0.15, -0.1) is 0 Å². The number of carbonyl (C=O) groups is 2. The maximum atomic E-state index is 13.3. The van der Waals surface area contributed by atoms with Gasteiger partial charge in [0.05, 0.1) is 0 Å². The van der Waals surface area contributed by atoms with Gasteiger partial charge in [-0.2, -0.15) is 11.8 Å². The number of rotatable bonds is 11. The van der Waals surface area contributed by atoms with E-state index < -0.39 is 12.0 Å². The Hall–Kier alpha value is -3.09. The number of thioether (sulfide) groups is 1. The third-order valence-corrected chi connectivity index (χ3v) is 8.10. The van der Waals surface area contributed by atoms with Crippen molar-refractivity contribution in [2.24, 2.45) is 5.92 Å². The Kier molecular flexibility index (Phi) is 10.0. The Morgan fingerprint density at radius 1 is 0.974 bits per heavy atom. The normalized spacial score (nSPS) is 15.2. The number of nitrogens with zero attached hydrogens (tertiary/aromatic N) is 1. The Balaban J connectivity index is 1.49. The molecule has 2 N–H and O–H groups in total. The van der Waals surface area contributed by atoms with Crippen LogP contribution in [0.15, 0.2) is 72.8 Å². The van der Waals surface area contributed by atoms with Crippen molar-refractivity contribution in [2.75, 3.05) is 25.1 Å². The van der Waals surface area contributed by atoms with E-state index >= 15 is 0 Å². The van der Waals surface area contributed by atoms with Gasteiger partial charge in [0.15, 0.2) is 0 Å². The van der Waals surface area contributed by atoms with Crippen molar-refractivity contribution < 1.29 is 14.7 Å². The highest BCUT2D eigenvalue weighted by atomic mass is 32.2. The molecule has 38 heavy (non-hydrogen) atoms. The van der Waals surface area contributed by atoms with Crippen LogP contribution in [0.4, 0.5) is 0 Å². The second-order valence-corrected chi connectivity index (χ2v) is 11.2. The molecule has 1 aliphatic heterocycles. The second-order valence-electron chi connectivity index (χ2n) is 10.2. The van der Waals surface area contributed by atoms with E-state index in [2.05, 4.69) is 46.6 Å². The molecule has 1 atom stereocenters. The predicted octanol–water partition coefficient (Wildman–Crippen LogP) is 6.05. The smallest absolute Gasteiger partial charge is 0.326 e. The van der Waals surface area contributed by atoms with Crippen LogP contribution in [0.2, 0.25) is 0 Å². The van der Waals surface area contributed by atoms with E-state index in [0.29, 0.717) is 17.7 Å². The molecule has 1 unspecified atom stereocenters. The summed E-state index contributed by atoms with van der Waals surface area (Å²) >= 11 is 1.57. The summed E-state index contributed by atoms with van der Waals surface area (Å²) in [4.78, 5) is 27.6. The maximum Gasteiger partial charge on any atom is 0.326 e. The molecular weight excluding hydrogens is 492 g/mol. The zero-order valence-corrected chi connectivity index (χ0v) is 23.2. The van der Waals surface area contributed by atoms with Gasteiger partial charge in [-0.3, -0.25) is 9.69 Å². The van der Waals surface area contributed by atoms with Crippen molar-refractivity contribution in [3.05, 3.63) is 95.1 Å². The van der Waals surface area contributed by atoms with Gasteiger partial charge < -0.3 is 10.4 Å². The number of aryl methyl sites for hydroxylation is 1. The fraction of sp³-hybridized carbons (Fsp3) is 0.375. The zero-order valence-electron chi connectivity index (χ0n) is 22.4. The third-order valence-electron chi connectivity index (χ3n) is 7.46. The molecule has 4 rings (SSSR count). The van der Waals surface area contributed by atoms with E-state index in [0.717, 1.165) is 48.7 Å². The van der Waals surface area contributed by atoms with Gasteiger partial charge >= 0.3 is 5.97 Å².